The van der Waals surface area contributed by atoms with E-state index in [1.807, 2.05) is 24.0 Å². The van der Waals surface area contributed by atoms with Gasteiger partial charge in [0.25, 0.3) is 5.92 Å². The minimum atomic E-state index is -2.46. The number of piperidine rings is 1. The summed E-state index contributed by atoms with van der Waals surface area (Å²) in [6.45, 7) is 2.61. The normalized spacial score (nSPS) is 28.1. The molecule has 1 aliphatic carbocycles. The maximum atomic E-state index is 13.1. The average molecular weight is 252 g/mol. The number of hydrogen-bond donors (Lipinski definition) is 0. The molecule has 2 atom stereocenters. The van der Waals surface area contributed by atoms with Crippen LogP contribution >= 0.6 is 0 Å². The van der Waals surface area contributed by atoms with Gasteiger partial charge >= 0.3 is 0 Å². The highest BCUT2D eigenvalue weighted by Crippen LogP contribution is 2.59. The zero-order valence-corrected chi connectivity index (χ0v) is 10.1. The van der Waals surface area contributed by atoms with Crippen molar-refractivity contribution in [3.63, 3.8) is 0 Å². The third-order valence-corrected chi connectivity index (χ3v) is 4.01. The molecule has 3 rings (SSSR count). The van der Waals surface area contributed by atoms with Crippen LogP contribution in [0.25, 0.3) is 0 Å². The van der Waals surface area contributed by atoms with Crippen molar-refractivity contribution >= 4 is 12.1 Å². The van der Waals surface area contributed by atoms with Crippen molar-refractivity contribution in [1.29, 1.82) is 0 Å². The van der Waals surface area contributed by atoms with Gasteiger partial charge in [0.2, 0.25) is 0 Å². The first kappa shape index (κ1) is 11.6. The predicted molar refractivity (Wildman–Crippen MR) is 62.9 cm³/mol. The van der Waals surface area contributed by atoms with Gasteiger partial charge in [-0.1, -0.05) is 6.07 Å². The Morgan fingerprint density at radius 1 is 1.44 bits per heavy atom. The first-order chi connectivity index (χ1) is 8.54. The molecule has 18 heavy (non-hydrogen) atoms. The highest BCUT2D eigenvalue weighted by Gasteiger charge is 2.71. The molecule has 0 amide bonds. The molecule has 96 valence electrons. The summed E-state index contributed by atoms with van der Waals surface area (Å²) in [7, 11) is 0. The van der Waals surface area contributed by atoms with Gasteiger partial charge in [-0.2, -0.15) is 0 Å². The molecule has 0 bridgehead atoms. The molecule has 1 saturated carbocycles. The molecule has 2 heterocycles. The molecule has 1 aliphatic heterocycles. The van der Waals surface area contributed by atoms with E-state index < -0.39 is 17.8 Å². The second-order valence-corrected chi connectivity index (χ2v) is 5.08. The molecule has 0 N–H and O–H groups in total. The second-order valence-electron chi connectivity index (χ2n) is 5.08. The smallest absolute Gasteiger partial charge is 0.258 e. The van der Waals surface area contributed by atoms with Crippen LogP contribution in [0, 0.1) is 18.8 Å². The molecule has 1 saturated heterocycles. The standard InChI is InChI=1S/C13H14F2N2O/c1-8-9(4-5-18)2-3-12(16-8)17-6-10-11(7-17)13(10,14)15/h2-3,5,10-11H,4,6-7H2,1H3. The summed E-state index contributed by atoms with van der Waals surface area (Å²) in [5.74, 6) is -2.70. The van der Waals surface area contributed by atoms with Crippen LogP contribution in [0.15, 0.2) is 12.1 Å². The van der Waals surface area contributed by atoms with Gasteiger partial charge in [-0.25, -0.2) is 13.8 Å². The van der Waals surface area contributed by atoms with Gasteiger partial charge in [0, 0.05) is 25.2 Å². The Kier molecular flexibility index (Phi) is 2.40. The lowest BCUT2D eigenvalue weighted by molar-refractivity contribution is -0.107. The fraction of sp³-hybridized carbons (Fsp3) is 0.538. The number of rotatable bonds is 3. The van der Waals surface area contributed by atoms with E-state index in [9.17, 15) is 13.6 Å². The quantitative estimate of drug-likeness (QED) is 0.769. The Balaban J connectivity index is 1.75. The maximum absolute atomic E-state index is 13.1. The number of hydrogen-bond acceptors (Lipinski definition) is 3. The van der Waals surface area contributed by atoms with E-state index in [0.717, 1.165) is 23.4 Å². The molecular weight excluding hydrogens is 238 g/mol. The minimum absolute atomic E-state index is 0.350. The number of pyridine rings is 1. The number of fused-ring (bicyclic) bond motifs is 1. The minimum Gasteiger partial charge on any atom is -0.356 e. The molecule has 0 radical (unpaired) electrons. The summed E-state index contributed by atoms with van der Waals surface area (Å²) in [6, 6.07) is 3.67. The van der Waals surface area contributed by atoms with E-state index in [4.69, 9.17) is 0 Å². The van der Waals surface area contributed by atoms with Crippen molar-refractivity contribution in [2.24, 2.45) is 11.8 Å². The number of alkyl halides is 2. The second kappa shape index (κ2) is 3.73. The van der Waals surface area contributed by atoms with Gasteiger partial charge in [-0.15, -0.1) is 0 Å². The van der Waals surface area contributed by atoms with Gasteiger partial charge < -0.3 is 9.69 Å². The number of anilines is 1. The molecule has 0 spiro atoms. The molecule has 2 aliphatic rings. The first-order valence-electron chi connectivity index (χ1n) is 6.07. The molecule has 2 fully saturated rings. The molecular formula is C13H14F2N2O. The Hall–Kier alpha value is -1.52. The van der Waals surface area contributed by atoms with Crippen molar-refractivity contribution in [2.45, 2.75) is 19.3 Å². The van der Waals surface area contributed by atoms with Gasteiger partial charge in [-0.3, -0.25) is 0 Å². The highest BCUT2D eigenvalue weighted by molar-refractivity contribution is 5.56. The number of nitrogens with zero attached hydrogens (tertiary/aromatic N) is 2. The maximum Gasteiger partial charge on any atom is 0.258 e. The van der Waals surface area contributed by atoms with E-state index >= 15 is 0 Å². The van der Waals surface area contributed by atoms with Gasteiger partial charge in [0.05, 0.1) is 11.8 Å². The van der Waals surface area contributed by atoms with Crippen LogP contribution < -0.4 is 4.90 Å². The number of carbonyl (C=O) groups excluding carboxylic acids is 1. The number of halogens is 2. The predicted octanol–water partition coefficient (Wildman–Crippen LogP) is 1.83. The van der Waals surface area contributed by atoms with Gasteiger partial charge in [-0.05, 0) is 18.6 Å². The molecule has 2 unspecified atom stereocenters. The van der Waals surface area contributed by atoms with E-state index in [0.29, 0.717) is 19.5 Å². The number of aryl methyl sites for hydroxylation is 1. The Bertz CT molecular complexity index is 490. The Labute approximate surface area is 104 Å². The largest absolute Gasteiger partial charge is 0.356 e. The molecule has 1 aromatic heterocycles. The van der Waals surface area contributed by atoms with Crippen LogP contribution in [0.4, 0.5) is 14.6 Å². The zero-order chi connectivity index (χ0) is 12.9. The fourth-order valence-electron chi connectivity index (χ4n) is 2.75. The number of carbonyl (C=O) groups is 1. The summed E-state index contributed by atoms with van der Waals surface area (Å²) < 4.78 is 26.2. The zero-order valence-electron chi connectivity index (χ0n) is 10.1. The van der Waals surface area contributed by atoms with Crippen LogP contribution in [-0.2, 0) is 11.2 Å². The topological polar surface area (TPSA) is 33.2 Å². The summed E-state index contributed by atoms with van der Waals surface area (Å²) in [5.41, 5.74) is 1.69. The fourth-order valence-corrected chi connectivity index (χ4v) is 2.75. The summed E-state index contributed by atoms with van der Waals surface area (Å²) in [6.07, 6.45) is 1.19. The van der Waals surface area contributed by atoms with Gasteiger partial charge in [0.15, 0.2) is 0 Å². The van der Waals surface area contributed by atoms with Crippen LogP contribution in [0.3, 0.4) is 0 Å². The van der Waals surface area contributed by atoms with Crippen LogP contribution in [-0.4, -0.2) is 30.3 Å². The molecule has 3 nitrogen and oxygen atoms in total. The van der Waals surface area contributed by atoms with Crippen molar-refractivity contribution in [3.05, 3.63) is 23.4 Å². The Morgan fingerprint density at radius 2 is 2.11 bits per heavy atom. The van der Waals surface area contributed by atoms with Crippen molar-refractivity contribution < 1.29 is 13.6 Å². The molecule has 0 aromatic carbocycles. The van der Waals surface area contributed by atoms with Crippen molar-refractivity contribution in [2.75, 3.05) is 18.0 Å². The third-order valence-electron chi connectivity index (χ3n) is 4.01. The SMILES string of the molecule is Cc1nc(N2CC3C(C2)C3(F)F)ccc1CC=O. The lowest BCUT2D eigenvalue weighted by Crippen LogP contribution is -2.28. The summed E-state index contributed by atoms with van der Waals surface area (Å²) in [5, 5.41) is 0. The van der Waals surface area contributed by atoms with E-state index in [1.54, 1.807) is 0 Å². The molecule has 1 aromatic rings. The summed E-state index contributed by atoms with van der Waals surface area (Å²) in [4.78, 5) is 16.8. The lowest BCUT2D eigenvalue weighted by Gasteiger charge is -2.21. The highest BCUT2D eigenvalue weighted by atomic mass is 19.3. The molecule has 5 heteroatoms. The van der Waals surface area contributed by atoms with E-state index in [-0.39, 0.29) is 0 Å². The lowest BCUT2D eigenvalue weighted by atomic mass is 10.1. The van der Waals surface area contributed by atoms with E-state index in [1.165, 1.54) is 0 Å². The third kappa shape index (κ3) is 1.61. The van der Waals surface area contributed by atoms with Crippen LogP contribution in [0.5, 0.6) is 0 Å². The number of aromatic nitrogens is 1. The number of aldehydes is 1. The monoisotopic (exact) mass is 252 g/mol. The average Bonchev–Trinajstić information content (AvgIpc) is 2.73. The van der Waals surface area contributed by atoms with Crippen LogP contribution in [0.2, 0.25) is 0 Å². The Morgan fingerprint density at radius 3 is 2.67 bits per heavy atom. The van der Waals surface area contributed by atoms with Crippen LogP contribution in [0.1, 0.15) is 11.3 Å². The first-order valence-corrected chi connectivity index (χ1v) is 6.07. The van der Waals surface area contributed by atoms with Crippen molar-refractivity contribution in [3.8, 4) is 0 Å². The summed E-state index contributed by atoms with van der Waals surface area (Å²) >= 11 is 0. The van der Waals surface area contributed by atoms with E-state index in [2.05, 4.69) is 4.98 Å². The van der Waals surface area contributed by atoms with Gasteiger partial charge in [0.1, 0.15) is 12.1 Å². The van der Waals surface area contributed by atoms with Crippen molar-refractivity contribution in [1.82, 2.24) is 4.98 Å².